The fraction of sp³-hybridized carbons (Fsp3) is 0.500. The Balaban J connectivity index is 2.58. The Kier molecular flexibility index (Phi) is 5.96. The molecule has 1 atom stereocenters. The van der Waals surface area contributed by atoms with Crippen LogP contribution in [0.1, 0.15) is 25.8 Å². The minimum Gasteiger partial charge on any atom is -0.480 e. The predicted molar refractivity (Wildman–Crippen MR) is 73.1 cm³/mol. The van der Waals surface area contributed by atoms with Gasteiger partial charge in [-0.2, -0.15) is 0 Å². The van der Waals surface area contributed by atoms with Crippen LogP contribution in [0.25, 0.3) is 0 Å². The summed E-state index contributed by atoms with van der Waals surface area (Å²) in [6.45, 7) is 3.89. The molecule has 0 aliphatic heterocycles. The van der Waals surface area contributed by atoms with Crippen LogP contribution in [0.4, 0.5) is 4.79 Å². The number of hydrogen-bond donors (Lipinski definition) is 1. The van der Waals surface area contributed by atoms with E-state index in [0.717, 1.165) is 10.5 Å². The summed E-state index contributed by atoms with van der Waals surface area (Å²) >= 11 is 0. The topological polar surface area (TPSA) is 79.7 Å². The lowest BCUT2D eigenvalue weighted by atomic mass is 10.0. The van der Waals surface area contributed by atoms with Gasteiger partial charge in [0.1, 0.15) is 12.6 Å². The summed E-state index contributed by atoms with van der Waals surface area (Å²) in [5.74, 6) is -0.857. The van der Waals surface area contributed by atoms with Crippen LogP contribution in [-0.4, -0.2) is 40.1 Å². The second-order valence-corrected chi connectivity index (χ2v) is 5.01. The zero-order valence-electron chi connectivity index (χ0n) is 11.9. The Bertz CT molecular complexity index is 448. The first-order valence-electron chi connectivity index (χ1n) is 6.43. The van der Waals surface area contributed by atoms with Crippen molar-refractivity contribution < 1.29 is 19.4 Å². The molecule has 20 heavy (non-hydrogen) atoms. The van der Waals surface area contributed by atoms with Crippen molar-refractivity contribution in [2.24, 2.45) is 5.92 Å². The second kappa shape index (κ2) is 7.47. The van der Waals surface area contributed by atoms with E-state index in [2.05, 4.69) is 4.98 Å². The molecule has 0 aliphatic carbocycles. The van der Waals surface area contributed by atoms with Gasteiger partial charge in [-0.15, -0.1) is 0 Å². The normalized spacial score (nSPS) is 12.0. The average Bonchev–Trinajstić information content (AvgIpc) is 2.42. The van der Waals surface area contributed by atoms with Crippen molar-refractivity contribution in [2.45, 2.75) is 32.9 Å². The van der Waals surface area contributed by atoms with Gasteiger partial charge < -0.3 is 9.84 Å². The van der Waals surface area contributed by atoms with Gasteiger partial charge in [0.2, 0.25) is 0 Å². The Morgan fingerprint density at radius 3 is 2.65 bits per heavy atom. The van der Waals surface area contributed by atoms with Crippen LogP contribution in [0.5, 0.6) is 0 Å². The quantitative estimate of drug-likeness (QED) is 0.863. The molecular weight excluding hydrogens is 260 g/mol. The van der Waals surface area contributed by atoms with E-state index in [4.69, 9.17) is 9.84 Å². The van der Waals surface area contributed by atoms with Gasteiger partial charge in [0, 0.05) is 25.0 Å². The van der Waals surface area contributed by atoms with Crippen LogP contribution in [0.15, 0.2) is 24.5 Å². The Hall–Kier alpha value is -2.11. The van der Waals surface area contributed by atoms with Crippen LogP contribution in [0.3, 0.4) is 0 Å². The molecule has 0 radical (unpaired) electrons. The molecule has 1 aromatic rings. The van der Waals surface area contributed by atoms with E-state index < -0.39 is 18.1 Å². The third kappa shape index (κ3) is 4.87. The Morgan fingerprint density at radius 1 is 1.45 bits per heavy atom. The van der Waals surface area contributed by atoms with E-state index in [-0.39, 0.29) is 12.5 Å². The Morgan fingerprint density at radius 2 is 2.15 bits per heavy atom. The summed E-state index contributed by atoms with van der Waals surface area (Å²) in [5.41, 5.74) is 0.755. The first kappa shape index (κ1) is 15.9. The molecule has 6 heteroatoms. The number of amides is 1. The number of rotatable bonds is 6. The van der Waals surface area contributed by atoms with Gasteiger partial charge >= 0.3 is 12.1 Å². The molecule has 0 unspecified atom stereocenters. The van der Waals surface area contributed by atoms with E-state index >= 15 is 0 Å². The summed E-state index contributed by atoms with van der Waals surface area (Å²) in [4.78, 5) is 28.1. The van der Waals surface area contributed by atoms with Crippen molar-refractivity contribution in [3.63, 3.8) is 0 Å². The van der Waals surface area contributed by atoms with Gasteiger partial charge in [-0.25, -0.2) is 9.59 Å². The minimum atomic E-state index is -1.03. The maximum absolute atomic E-state index is 11.9. The highest BCUT2D eigenvalue weighted by Crippen LogP contribution is 2.12. The third-order valence-electron chi connectivity index (χ3n) is 2.82. The summed E-state index contributed by atoms with van der Waals surface area (Å²) in [7, 11) is 1.44. The monoisotopic (exact) mass is 280 g/mol. The molecule has 1 amide bonds. The van der Waals surface area contributed by atoms with E-state index in [1.807, 2.05) is 13.8 Å². The minimum absolute atomic E-state index is 0.0744. The average molecular weight is 280 g/mol. The molecule has 0 aliphatic rings. The van der Waals surface area contributed by atoms with Crippen molar-refractivity contribution in [3.05, 3.63) is 30.1 Å². The molecule has 0 bridgehead atoms. The highest BCUT2D eigenvalue weighted by molar-refractivity contribution is 5.79. The highest BCUT2D eigenvalue weighted by atomic mass is 16.6. The third-order valence-corrected chi connectivity index (χ3v) is 2.82. The molecule has 6 nitrogen and oxygen atoms in total. The van der Waals surface area contributed by atoms with Crippen molar-refractivity contribution in [2.75, 3.05) is 7.05 Å². The van der Waals surface area contributed by atoms with E-state index in [0.29, 0.717) is 6.42 Å². The van der Waals surface area contributed by atoms with E-state index in [1.165, 1.54) is 7.05 Å². The highest BCUT2D eigenvalue weighted by Gasteiger charge is 2.28. The molecule has 0 spiro atoms. The Labute approximate surface area is 118 Å². The maximum atomic E-state index is 11.9. The summed E-state index contributed by atoms with van der Waals surface area (Å²) in [6.07, 6.45) is 2.95. The summed E-state index contributed by atoms with van der Waals surface area (Å²) in [5, 5.41) is 9.17. The molecule has 0 saturated carbocycles. The standard InChI is InChI=1S/C14H20N2O4/c1-10(2)7-12(13(17)18)16(3)14(19)20-9-11-5-4-6-15-8-11/h4-6,8,10,12H,7,9H2,1-3H3,(H,17,18)/t12-/m0/s1. The first-order valence-corrected chi connectivity index (χ1v) is 6.43. The van der Waals surface area contributed by atoms with E-state index in [1.54, 1.807) is 24.5 Å². The molecule has 110 valence electrons. The SMILES string of the molecule is CC(C)C[C@@H](C(=O)O)N(C)C(=O)OCc1cccnc1. The molecule has 0 fully saturated rings. The summed E-state index contributed by atoms with van der Waals surface area (Å²) in [6, 6.07) is 2.64. The molecule has 0 saturated heterocycles. The number of ether oxygens (including phenoxy) is 1. The molecule has 1 aromatic heterocycles. The van der Waals surface area contributed by atoms with Gasteiger partial charge in [-0.05, 0) is 18.4 Å². The van der Waals surface area contributed by atoms with Crippen LogP contribution in [0, 0.1) is 5.92 Å². The number of carbonyl (C=O) groups excluding carboxylic acids is 1. The van der Waals surface area contributed by atoms with Gasteiger partial charge in [-0.1, -0.05) is 19.9 Å². The first-order chi connectivity index (χ1) is 9.41. The lowest BCUT2D eigenvalue weighted by Gasteiger charge is -2.25. The molecular formula is C14H20N2O4. The fourth-order valence-electron chi connectivity index (χ4n) is 1.73. The van der Waals surface area contributed by atoms with Gasteiger partial charge in [0.05, 0.1) is 0 Å². The lowest BCUT2D eigenvalue weighted by molar-refractivity contribution is -0.142. The second-order valence-electron chi connectivity index (χ2n) is 5.01. The van der Waals surface area contributed by atoms with Crippen molar-refractivity contribution >= 4 is 12.1 Å². The van der Waals surface area contributed by atoms with Crippen LogP contribution >= 0.6 is 0 Å². The number of carbonyl (C=O) groups is 2. The number of hydrogen-bond acceptors (Lipinski definition) is 4. The largest absolute Gasteiger partial charge is 0.480 e. The number of carboxylic acids is 1. The van der Waals surface area contributed by atoms with Crippen molar-refractivity contribution in [1.82, 2.24) is 9.88 Å². The smallest absolute Gasteiger partial charge is 0.410 e. The zero-order chi connectivity index (χ0) is 15.1. The van der Waals surface area contributed by atoms with E-state index in [9.17, 15) is 9.59 Å². The predicted octanol–water partition coefficient (Wildman–Crippen LogP) is 2.15. The zero-order valence-corrected chi connectivity index (χ0v) is 11.9. The molecule has 0 aromatic carbocycles. The number of carboxylic acid groups (broad SMARTS) is 1. The van der Waals surface area contributed by atoms with Gasteiger partial charge in [0.25, 0.3) is 0 Å². The molecule has 1 N–H and O–H groups in total. The molecule has 1 heterocycles. The summed E-state index contributed by atoms with van der Waals surface area (Å²) < 4.78 is 5.09. The number of nitrogens with zero attached hydrogens (tertiary/aromatic N) is 2. The van der Waals surface area contributed by atoms with Crippen LogP contribution in [-0.2, 0) is 16.1 Å². The number of likely N-dealkylation sites (N-methyl/N-ethyl adjacent to an activating group) is 1. The van der Waals surface area contributed by atoms with Crippen LogP contribution < -0.4 is 0 Å². The number of aliphatic carboxylic acids is 1. The lowest BCUT2D eigenvalue weighted by Crippen LogP contribution is -2.43. The van der Waals surface area contributed by atoms with Crippen molar-refractivity contribution in [1.29, 1.82) is 0 Å². The van der Waals surface area contributed by atoms with Crippen LogP contribution in [0.2, 0.25) is 0 Å². The fourth-order valence-corrected chi connectivity index (χ4v) is 1.73. The van der Waals surface area contributed by atoms with Gasteiger partial charge in [0.15, 0.2) is 0 Å². The molecule has 1 rings (SSSR count). The maximum Gasteiger partial charge on any atom is 0.410 e. The van der Waals surface area contributed by atoms with Gasteiger partial charge in [-0.3, -0.25) is 9.88 Å². The number of pyridine rings is 1. The number of aromatic nitrogens is 1. The van der Waals surface area contributed by atoms with Crippen molar-refractivity contribution in [3.8, 4) is 0 Å².